The van der Waals surface area contributed by atoms with Crippen LogP contribution in [0.15, 0.2) is 18.5 Å². The maximum absolute atomic E-state index is 13.1. The van der Waals surface area contributed by atoms with E-state index < -0.39 is 11.8 Å². The fourth-order valence-corrected chi connectivity index (χ4v) is 5.25. The Morgan fingerprint density at radius 2 is 1.92 bits per heavy atom. The highest BCUT2D eigenvalue weighted by Gasteiger charge is 2.38. The first-order chi connectivity index (χ1) is 17.9. The van der Waals surface area contributed by atoms with Crippen molar-refractivity contribution < 1.29 is 14.4 Å². The number of nitriles is 1. The number of fused-ring (bicyclic) bond motifs is 3. The van der Waals surface area contributed by atoms with Crippen molar-refractivity contribution in [1.82, 2.24) is 34.9 Å². The summed E-state index contributed by atoms with van der Waals surface area (Å²) in [5.41, 5.74) is 1.40. The van der Waals surface area contributed by atoms with Crippen molar-refractivity contribution >= 4 is 45.6 Å². The molecular weight excluding hydrogens is 474 g/mol. The second-order valence-electron chi connectivity index (χ2n) is 10.5. The van der Waals surface area contributed by atoms with Crippen molar-refractivity contribution in [3.05, 3.63) is 18.5 Å². The Morgan fingerprint density at radius 3 is 2.68 bits per heavy atom. The predicted molar refractivity (Wildman–Crippen MR) is 134 cm³/mol. The van der Waals surface area contributed by atoms with Gasteiger partial charge in [0.05, 0.1) is 28.9 Å². The van der Waals surface area contributed by atoms with Crippen LogP contribution >= 0.6 is 0 Å². The number of carbonyl (C=O) groups is 3. The number of hydrogen-bond donors (Lipinski definition) is 3. The lowest BCUT2D eigenvalue weighted by Gasteiger charge is -2.43. The number of nitrogens with zero attached hydrogens (tertiary/aromatic N) is 6. The molecule has 3 aliphatic rings. The van der Waals surface area contributed by atoms with E-state index in [0.29, 0.717) is 55.5 Å². The minimum atomic E-state index is -0.741. The molecule has 2 atom stereocenters. The molecule has 37 heavy (non-hydrogen) atoms. The van der Waals surface area contributed by atoms with Gasteiger partial charge >= 0.3 is 17.8 Å². The topological polar surface area (TPSA) is 152 Å². The summed E-state index contributed by atoms with van der Waals surface area (Å²) in [6.45, 7) is 4.70. The molecule has 4 amide bonds. The number of aromatic amines is 1. The van der Waals surface area contributed by atoms with Crippen LogP contribution < -0.4 is 10.6 Å². The third-order valence-corrected chi connectivity index (χ3v) is 7.80. The van der Waals surface area contributed by atoms with Gasteiger partial charge in [-0.25, -0.2) is 14.8 Å². The third-order valence-electron chi connectivity index (χ3n) is 7.80. The van der Waals surface area contributed by atoms with Crippen molar-refractivity contribution in [1.29, 1.82) is 5.26 Å². The van der Waals surface area contributed by atoms with E-state index in [1.807, 2.05) is 15.6 Å². The van der Waals surface area contributed by atoms with Gasteiger partial charge in [0.15, 0.2) is 5.65 Å². The Balaban J connectivity index is 1.30. The smallest absolute Gasteiger partial charge is 0.320 e. The van der Waals surface area contributed by atoms with Crippen LogP contribution in [0.25, 0.3) is 21.9 Å². The van der Waals surface area contributed by atoms with Crippen molar-refractivity contribution in [3.8, 4) is 6.07 Å². The van der Waals surface area contributed by atoms with Crippen molar-refractivity contribution in [3.63, 3.8) is 0 Å². The largest absolute Gasteiger partial charge is 0.348 e. The molecule has 0 radical (unpaired) electrons. The first-order valence-corrected chi connectivity index (χ1v) is 12.8. The van der Waals surface area contributed by atoms with Gasteiger partial charge < -0.3 is 20.4 Å². The van der Waals surface area contributed by atoms with Crippen molar-refractivity contribution in [2.75, 3.05) is 38.0 Å². The molecule has 3 aromatic heterocycles. The number of nitrogens with one attached hydrogen (secondary N) is 3. The number of H-pyrrole nitrogens is 1. The van der Waals surface area contributed by atoms with E-state index in [1.54, 1.807) is 17.3 Å². The molecule has 2 saturated heterocycles. The Morgan fingerprint density at radius 1 is 1.11 bits per heavy atom. The zero-order valence-electron chi connectivity index (χ0n) is 20.6. The fourth-order valence-electron chi connectivity index (χ4n) is 5.25. The van der Waals surface area contributed by atoms with Crippen LogP contribution in [0.5, 0.6) is 0 Å². The van der Waals surface area contributed by atoms with E-state index >= 15 is 0 Å². The fraction of sp³-hybridized carbons (Fsp3) is 0.520. The van der Waals surface area contributed by atoms with Crippen molar-refractivity contribution in [2.45, 2.75) is 32.2 Å². The first-order valence-electron chi connectivity index (χ1n) is 12.8. The summed E-state index contributed by atoms with van der Waals surface area (Å²) in [7, 11) is 0. The van der Waals surface area contributed by atoms with Gasteiger partial charge in [0.2, 0.25) is 0 Å². The molecule has 1 aliphatic carbocycles. The van der Waals surface area contributed by atoms with E-state index in [1.165, 1.54) is 0 Å². The van der Waals surface area contributed by atoms with Gasteiger partial charge in [-0.1, -0.05) is 6.92 Å². The number of pyridine rings is 1. The number of hydrogen-bond acceptors (Lipinski definition) is 6. The van der Waals surface area contributed by atoms with E-state index in [0.717, 1.165) is 30.2 Å². The molecule has 2 aliphatic heterocycles. The minimum absolute atomic E-state index is 0.0532. The molecule has 12 nitrogen and oxygen atoms in total. The van der Waals surface area contributed by atoms with Crippen LogP contribution in [0.2, 0.25) is 0 Å². The standard InChI is InChI=1S/C25H29N9O3/c1-14-5-7-32(25(37)33-11-16(8-26)12-33)13-19(14)34-20-17-4-6-27-21(17)28-10-18(20)22(31-34)30-24(36)23(35)29-9-15-2-3-15/h4,6,10,14-16,19,31H,2-3,5,7,9,11-13H2,1H3,(H,29,35)(H,30,36)/t14-,19+/m1/s1. The Kier molecular flexibility index (Phi) is 5.70. The van der Waals surface area contributed by atoms with Crippen LogP contribution in [-0.2, 0) is 9.59 Å². The van der Waals surface area contributed by atoms with E-state index in [4.69, 9.17) is 5.26 Å². The molecule has 12 heteroatoms. The van der Waals surface area contributed by atoms with Crippen LogP contribution in [0.4, 0.5) is 10.6 Å². The van der Waals surface area contributed by atoms with Gasteiger partial charge in [-0.05, 0) is 37.2 Å². The summed E-state index contributed by atoms with van der Waals surface area (Å²) in [6, 6.07) is 3.93. The van der Waals surface area contributed by atoms with Crippen LogP contribution in [0, 0.1) is 29.1 Å². The number of amides is 4. The lowest BCUT2D eigenvalue weighted by atomic mass is 9.93. The van der Waals surface area contributed by atoms with Gasteiger partial charge in [0, 0.05) is 50.5 Å². The lowest BCUT2D eigenvalue weighted by Crippen LogP contribution is -2.57. The number of aromatic nitrogens is 4. The highest BCUT2D eigenvalue weighted by atomic mass is 16.2. The lowest BCUT2D eigenvalue weighted by molar-refractivity contribution is -0.136. The molecule has 0 unspecified atom stereocenters. The van der Waals surface area contributed by atoms with E-state index in [-0.39, 0.29) is 23.9 Å². The zero-order valence-corrected chi connectivity index (χ0v) is 20.6. The number of carbonyl (C=O) groups excluding carboxylic acids is 3. The number of rotatable bonds is 4. The molecule has 6 rings (SSSR count). The summed E-state index contributed by atoms with van der Waals surface area (Å²) in [6.07, 6.45) is 6.29. The minimum Gasteiger partial charge on any atom is -0.348 e. The SMILES string of the molecule is C[C@@H]1CCN(C(=O)N2CC(C#N)C2)C[C@@H]1n1[nH]c(NC(=O)C(=O)NCC2CC2)c2cnc3nccc3c21. The van der Waals surface area contributed by atoms with Gasteiger partial charge in [-0.15, -0.1) is 0 Å². The predicted octanol–water partition coefficient (Wildman–Crippen LogP) is 1.84. The molecule has 0 spiro atoms. The summed E-state index contributed by atoms with van der Waals surface area (Å²) >= 11 is 0. The molecule has 3 N–H and O–H groups in total. The molecular formula is C25H29N9O3. The van der Waals surface area contributed by atoms with Gasteiger partial charge in [-0.2, -0.15) is 5.26 Å². The summed E-state index contributed by atoms with van der Waals surface area (Å²) in [4.78, 5) is 50.5. The van der Waals surface area contributed by atoms with Crippen LogP contribution in [-0.4, -0.2) is 80.1 Å². The maximum atomic E-state index is 13.1. The quantitative estimate of drug-likeness (QED) is 0.462. The highest BCUT2D eigenvalue weighted by molar-refractivity contribution is 6.40. The molecule has 0 bridgehead atoms. The number of urea groups is 1. The molecule has 1 saturated carbocycles. The summed E-state index contributed by atoms with van der Waals surface area (Å²) in [5, 5.41) is 19.3. The molecule has 5 heterocycles. The molecule has 3 fully saturated rings. The monoisotopic (exact) mass is 503 g/mol. The molecule has 0 aromatic carbocycles. The van der Waals surface area contributed by atoms with E-state index in [2.05, 4.69) is 38.7 Å². The number of likely N-dealkylation sites (tertiary alicyclic amines) is 2. The molecule has 3 aromatic rings. The molecule has 192 valence electrons. The zero-order chi connectivity index (χ0) is 25.7. The van der Waals surface area contributed by atoms with Crippen LogP contribution in [0.3, 0.4) is 0 Å². The Hall–Kier alpha value is -4.14. The normalized spacial score (nSPS) is 22.1. The first kappa shape index (κ1) is 23.3. The van der Waals surface area contributed by atoms with Gasteiger partial charge in [0.1, 0.15) is 5.82 Å². The summed E-state index contributed by atoms with van der Waals surface area (Å²) in [5.74, 6) is -0.423. The maximum Gasteiger partial charge on any atom is 0.320 e. The van der Waals surface area contributed by atoms with Gasteiger partial charge in [-0.3, -0.25) is 19.4 Å². The average molecular weight is 504 g/mol. The highest BCUT2D eigenvalue weighted by Crippen LogP contribution is 2.36. The second-order valence-corrected chi connectivity index (χ2v) is 10.5. The third kappa shape index (κ3) is 4.24. The Bertz CT molecular complexity index is 1430. The number of piperidine rings is 1. The van der Waals surface area contributed by atoms with Crippen molar-refractivity contribution in [2.24, 2.45) is 17.8 Å². The van der Waals surface area contributed by atoms with E-state index in [9.17, 15) is 14.4 Å². The number of anilines is 1. The Labute approximate surface area is 213 Å². The van der Waals surface area contributed by atoms with Gasteiger partial charge in [0.25, 0.3) is 0 Å². The summed E-state index contributed by atoms with van der Waals surface area (Å²) < 4.78 is 1.98. The van der Waals surface area contributed by atoms with Crippen LogP contribution in [0.1, 0.15) is 32.2 Å². The second kappa shape index (κ2) is 9.06. The average Bonchev–Trinajstić information content (AvgIpc) is 3.45.